The Morgan fingerprint density at radius 3 is 2.63 bits per heavy atom. The molecule has 0 unspecified atom stereocenters. The fourth-order valence-corrected chi connectivity index (χ4v) is 2.04. The molecule has 0 saturated heterocycles. The molecule has 2 N–H and O–H groups in total. The van der Waals surface area contributed by atoms with Gasteiger partial charge in [0.2, 0.25) is 0 Å². The minimum Gasteiger partial charge on any atom is -0.348 e. The van der Waals surface area contributed by atoms with Crippen LogP contribution in [0.25, 0.3) is 0 Å². The first-order valence-electron chi connectivity index (χ1n) is 5.72. The van der Waals surface area contributed by atoms with Crippen LogP contribution in [0.15, 0.2) is 18.2 Å². The van der Waals surface area contributed by atoms with Gasteiger partial charge >= 0.3 is 0 Å². The smallest absolute Gasteiger partial charge is 0.251 e. The van der Waals surface area contributed by atoms with Crippen molar-refractivity contribution in [3.63, 3.8) is 0 Å². The van der Waals surface area contributed by atoms with Crippen molar-refractivity contribution in [3.8, 4) is 0 Å². The maximum atomic E-state index is 12.0. The molecule has 19 heavy (non-hydrogen) atoms. The molecule has 4 nitrogen and oxygen atoms in total. The van der Waals surface area contributed by atoms with Crippen LogP contribution in [0.3, 0.4) is 0 Å². The average molecular weight is 298 g/mol. The highest BCUT2D eigenvalue weighted by molar-refractivity contribution is 6.42. The Bertz CT molecular complexity index is 603. The molecular formula is C13H13Cl2N3O. The summed E-state index contributed by atoms with van der Waals surface area (Å²) in [5.74, 6) is -0.196. The first kappa shape index (κ1) is 13.9. The molecule has 0 atom stereocenters. The first-order chi connectivity index (χ1) is 8.99. The van der Waals surface area contributed by atoms with E-state index in [1.54, 1.807) is 18.2 Å². The quantitative estimate of drug-likeness (QED) is 0.913. The average Bonchev–Trinajstić information content (AvgIpc) is 2.69. The SMILES string of the molecule is Cc1n[nH]c(C)c1CNC(=O)c1ccc(Cl)c(Cl)c1. The number of aromatic amines is 1. The van der Waals surface area contributed by atoms with Crippen LogP contribution in [-0.2, 0) is 6.54 Å². The number of hydrogen-bond acceptors (Lipinski definition) is 2. The van der Waals surface area contributed by atoms with Gasteiger partial charge in [-0.15, -0.1) is 0 Å². The molecule has 0 aliphatic carbocycles. The molecule has 2 aromatic rings. The number of H-pyrrole nitrogens is 1. The first-order valence-corrected chi connectivity index (χ1v) is 6.48. The Kier molecular flexibility index (Phi) is 4.12. The maximum Gasteiger partial charge on any atom is 0.251 e. The highest BCUT2D eigenvalue weighted by Crippen LogP contribution is 2.22. The number of nitrogens with zero attached hydrogens (tertiary/aromatic N) is 1. The van der Waals surface area contributed by atoms with E-state index >= 15 is 0 Å². The van der Waals surface area contributed by atoms with Crippen molar-refractivity contribution in [2.24, 2.45) is 0 Å². The van der Waals surface area contributed by atoms with Gasteiger partial charge in [-0.25, -0.2) is 0 Å². The fourth-order valence-electron chi connectivity index (χ4n) is 1.74. The second-order valence-electron chi connectivity index (χ2n) is 4.22. The van der Waals surface area contributed by atoms with E-state index in [9.17, 15) is 4.79 Å². The van der Waals surface area contributed by atoms with Gasteiger partial charge in [0, 0.05) is 23.4 Å². The molecule has 0 spiro atoms. The third kappa shape index (κ3) is 3.08. The van der Waals surface area contributed by atoms with E-state index in [1.807, 2.05) is 13.8 Å². The van der Waals surface area contributed by atoms with Crippen molar-refractivity contribution in [2.45, 2.75) is 20.4 Å². The van der Waals surface area contributed by atoms with Crippen LogP contribution in [-0.4, -0.2) is 16.1 Å². The van der Waals surface area contributed by atoms with E-state index in [-0.39, 0.29) is 5.91 Å². The van der Waals surface area contributed by atoms with Crippen molar-refractivity contribution in [1.29, 1.82) is 0 Å². The van der Waals surface area contributed by atoms with Gasteiger partial charge in [0.1, 0.15) is 0 Å². The molecule has 1 amide bonds. The van der Waals surface area contributed by atoms with Crippen molar-refractivity contribution in [2.75, 3.05) is 0 Å². The Labute approximate surface area is 121 Å². The van der Waals surface area contributed by atoms with Crippen LogP contribution in [0.4, 0.5) is 0 Å². The van der Waals surface area contributed by atoms with Gasteiger partial charge in [-0.05, 0) is 32.0 Å². The molecule has 0 radical (unpaired) electrons. The topological polar surface area (TPSA) is 57.8 Å². The van der Waals surface area contributed by atoms with Crippen molar-refractivity contribution < 1.29 is 4.79 Å². The van der Waals surface area contributed by atoms with Gasteiger partial charge in [-0.3, -0.25) is 9.89 Å². The predicted molar refractivity (Wildman–Crippen MR) is 75.7 cm³/mol. The van der Waals surface area contributed by atoms with Crippen LogP contribution >= 0.6 is 23.2 Å². The van der Waals surface area contributed by atoms with Gasteiger partial charge in [0.15, 0.2) is 0 Å². The number of carbonyl (C=O) groups is 1. The van der Waals surface area contributed by atoms with Gasteiger partial charge in [0.25, 0.3) is 5.91 Å². The zero-order valence-electron chi connectivity index (χ0n) is 10.6. The minimum absolute atomic E-state index is 0.196. The summed E-state index contributed by atoms with van der Waals surface area (Å²) in [6, 6.07) is 4.79. The van der Waals surface area contributed by atoms with Gasteiger partial charge in [-0.1, -0.05) is 23.2 Å². The number of rotatable bonds is 3. The number of hydrogen-bond donors (Lipinski definition) is 2. The Hall–Kier alpha value is -1.52. The summed E-state index contributed by atoms with van der Waals surface area (Å²) < 4.78 is 0. The molecule has 0 saturated carbocycles. The standard InChI is InChI=1S/C13H13Cl2N3O/c1-7-10(8(2)18-17-7)6-16-13(19)9-3-4-11(14)12(15)5-9/h3-5H,6H2,1-2H3,(H,16,19)(H,17,18). The summed E-state index contributed by atoms with van der Waals surface area (Å²) in [5.41, 5.74) is 3.31. The number of amides is 1. The van der Waals surface area contributed by atoms with E-state index in [0.717, 1.165) is 17.0 Å². The lowest BCUT2D eigenvalue weighted by molar-refractivity contribution is 0.0951. The molecule has 1 heterocycles. The molecule has 2 rings (SSSR count). The van der Waals surface area contributed by atoms with Crippen molar-refractivity contribution in [3.05, 3.63) is 50.8 Å². The Morgan fingerprint density at radius 2 is 2.05 bits per heavy atom. The predicted octanol–water partition coefficient (Wildman–Crippen LogP) is 3.26. The lowest BCUT2D eigenvalue weighted by Gasteiger charge is -2.06. The fraction of sp³-hybridized carbons (Fsp3) is 0.231. The third-order valence-electron chi connectivity index (χ3n) is 2.89. The van der Waals surface area contributed by atoms with Crippen LogP contribution in [0.1, 0.15) is 27.3 Å². The Balaban J connectivity index is 2.07. The molecule has 0 aliphatic rings. The number of aryl methyl sites for hydroxylation is 2. The minimum atomic E-state index is -0.196. The molecule has 0 bridgehead atoms. The summed E-state index contributed by atoms with van der Waals surface area (Å²) in [7, 11) is 0. The van der Waals surface area contributed by atoms with Crippen LogP contribution in [0.2, 0.25) is 10.0 Å². The molecule has 0 aliphatic heterocycles. The normalized spacial score (nSPS) is 10.5. The molecule has 1 aromatic heterocycles. The van der Waals surface area contributed by atoms with Gasteiger partial charge in [0.05, 0.1) is 15.7 Å². The van der Waals surface area contributed by atoms with Crippen LogP contribution in [0.5, 0.6) is 0 Å². The number of benzene rings is 1. The van der Waals surface area contributed by atoms with Gasteiger partial charge < -0.3 is 5.32 Å². The lowest BCUT2D eigenvalue weighted by atomic mass is 10.1. The van der Waals surface area contributed by atoms with Crippen molar-refractivity contribution in [1.82, 2.24) is 15.5 Å². The highest BCUT2D eigenvalue weighted by atomic mass is 35.5. The molecule has 100 valence electrons. The number of carbonyl (C=O) groups excluding carboxylic acids is 1. The van der Waals surface area contributed by atoms with E-state index in [4.69, 9.17) is 23.2 Å². The number of halogens is 2. The summed E-state index contributed by atoms with van der Waals surface area (Å²) in [5, 5.41) is 10.6. The molecule has 6 heteroatoms. The van der Waals surface area contributed by atoms with Crippen LogP contribution in [0, 0.1) is 13.8 Å². The summed E-state index contributed by atoms with van der Waals surface area (Å²) in [4.78, 5) is 12.0. The van der Waals surface area contributed by atoms with E-state index in [1.165, 1.54) is 0 Å². The molecule has 1 aromatic carbocycles. The summed E-state index contributed by atoms with van der Waals surface area (Å²) in [6.45, 7) is 4.23. The van der Waals surface area contributed by atoms with Crippen molar-refractivity contribution >= 4 is 29.1 Å². The summed E-state index contributed by atoms with van der Waals surface area (Å²) >= 11 is 11.7. The van der Waals surface area contributed by atoms with E-state index in [2.05, 4.69) is 15.5 Å². The zero-order chi connectivity index (χ0) is 14.0. The third-order valence-corrected chi connectivity index (χ3v) is 3.63. The molecular weight excluding hydrogens is 285 g/mol. The van der Waals surface area contributed by atoms with Crippen LogP contribution < -0.4 is 5.32 Å². The number of nitrogens with one attached hydrogen (secondary N) is 2. The second-order valence-corrected chi connectivity index (χ2v) is 5.04. The van der Waals surface area contributed by atoms with Gasteiger partial charge in [-0.2, -0.15) is 5.10 Å². The number of aromatic nitrogens is 2. The lowest BCUT2D eigenvalue weighted by Crippen LogP contribution is -2.23. The zero-order valence-corrected chi connectivity index (χ0v) is 12.1. The summed E-state index contributed by atoms with van der Waals surface area (Å²) in [6.07, 6.45) is 0. The largest absolute Gasteiger partial charge is 0.348 e. The molecule has 0 fully saturated rings. The van der Waals surface area contributed by atoms with E-state index in [0.29, 0.717) is 22.2 Å². The monoisotopic (exact) mass is 297 g/mol. The van der Waals surface area contributed by atoms with E-state index < -0.39 is 0 Å². The highest BCUT2D eigenvalue weighted by Gasteiger charge is 2.10. The Morgan fingerprint density at radius 1 is 1.32 bits per heavy atom. The second kappa shape index (κ2) is 5.63. The maximum absolute atomic E-state index is 12.0.